The predicted octanol–water partition coefficient (Wildman–Crippen LogP) is 4.20. The van der Waals surface area contributed by atoms with Crippen molar-refractivity contribution < 1.29 is 45.3 Å². The molecular formula is C34H35F3N6O7S. The van der Waals surface area contributed by atoms with Gasteiger partial charge in [0, 0.05) is 30.0 Å². The highest BCUT2D eigenvalue weighted by atomic mass is 32.2. The Labute approximate surface area is 291 Å². The van der Waals surface area contributed by atoms with E-state index < -0.39 is 39.6 Å². The summed E-state index contributed by atoms with van der Waals surface area (Å²) in [6.45, 7) is 2.54. The fourth-order valence-corrected chi connectivity index (χ4v) is 6.27. The number of alkyl halides is 3. The molecule has 0 saturated carbocycles. The van der Waals surface area contributed by atoms with Crippen molar-refractivity contribution in [1.29, 1.82) is 5.26 Å². The monoisotopic (exact) mass is 728 g/mol. The van der Waals surface area contributed by atoms with Crippen LogP contribution in [0.4, 0.5) is 24.8 Å². The van der Waals surface area contributed by atoms with Crippen LogP contribution in [0.2, 0.25) is 0 Å². The lowest BCUT2D eigenvalue weighted by atomic mass is 9.89. The molecular weight excluding hydrogens is 693 g/mol. The molecule has 1 aliphatic rings. The molecule has 13 nitrogen and oxygen atoms in total. The van der Waals surface area contributed by atoms with Gasteiger partial charge in [-0.2, -0.15) is 18.4 Å². The molecule has 1 aromatic heterocycles. The molecule has 0 saturated heterocycles. The number of fused-ring (bicyclic) bond motifs is 1. The molecule has 2 N–H and O–H groups in total. The van der Waals surface area contributed by atoms with Crippen LogP contribution in [-0.4, -0.2) is 77.7 Å². The van der Waals surface area contributed by atoms with Crippen LogP contribution in [0.25, 0.3) is 0 Å². The summed E-state index contributed by atoms with van der Waals surface area (Å²) in [5.74, 6) is -0.804. The number of aromatic amines is 1. The van der Waals surface area contributed by atoms with Crippen molar-refractivity contribution in [2.75, 3.05) is 39.3 Å². The van der Waals surface area contributed by atoms with E-state index in [0.29, 0.717) is 40.7 Å². The van der Waals surface area contributed by atoms with E-state index in [9.17, 15) is 46.1 Å². The summed E-state index contributed by atoms with van der Waals surface area (Å²) >= 11 is 0. The zero-order chi connectivity index (χ0) is 37.7. The molecule has 3 aromatic carbocycles. The van der Waals surface area contributed by atoms with E-state index in [-0.39, 0.29) is 34.4 Å². The summed E-state index contributed by atoms with van der Waals surface area (Å²) in [5.41, 5.74) is 0.229. The molecule has 4 aromatic rings. The highest BCUT2D eigenvalue weighted by Gasteiger charge is 2.41. The Morgan fingerprint density at radius 3 is 2.37 bits per heavy atom. The summed E-state index contributed by atoms with van der Waals surface area (Å²) in [5, 5.41) is 25.5. The summed E-state index contributed by atoms with van der Waals surface area (Å²) in [6, 6.07) is 17.6. The number of ether oxygens (including phenoxy) is 1. The van der Waals surface area contributed by atoms with E-state index in [1.165, 1.54) is 53.0 Å². The summed E-state index contributed by atoms with van der Waals surface area (Å²) in [4.78, 5) is 27.7. The largest absolute Gasteiger partial charge is 0.744 e. The highest BCUT2D eigenvalue weighted by Crippen LogP contribution is 2.43. The van der Waals surface area contributed by atoms with Crippen LogP contribution in [0.15, 0.2) is 93.8 Å². The lowest BCUT2D eigenvalue weighted by Crippen LogP contribution is -2.41. The number of hydrogen-bond acceptors (Lipinski definition) is 10. The van der Waals surface area contributed by atoms with Gasteiger partial charge in [-0.1, -0.05) is 30.3 Å². The molecule has 0 radical (unpaired) electrons. The minimum Gasteiger partial charge on any atom is -0.744 e. The number of esters is 1. The number of methoxy groups -OCH3 is 1. The number of aliphatic hydroxyl groups excluding tert-OH is 1. The molecule has 0 unspecified atom stereocenters. The maximum atomic E-state index is 13.6. The zero-order valence-electron chi connectivity index (χ0n) is 28.0. The minimum atomic E-state index is -4.62. The van der Waals surface area contributed by atoms with Crippen molar-refractivity contribution in [3.05, 3.63) is 117 Å². The predicted molar refractivity (Wildman–Crippen MR) is 177 cm³/mol. The van der Waals surface area contributed by atoms with E-state index in [1.54, 1.807) is 31.2 Å². The number of H-pyrrole nitrogens is 1. The standard InChI is InChI=1S/C28H29F3N6O4.C6H6O3S/c1-17-23(25(39)41-4)24(22-10-9-18(15-32)13-19(22)16-37(2,3)11-6-12-38)36-26(33-34-27(36)40)35(17)21-8-5-7-20(14-21)28(29,30)31;7-10(8,9)6-4-2-1-3-5-6/h5,7-10,13-14,24,38H,6,11-12,16H2,1-4H3;1-5H,(H,7,8,9)/t24-;/m1./s1. The molecule has 0 aliphatic carbocycles. The fraction of sp³-hybridized carbons (Fsp3) is 0.294. The number of allylic oxidation sites excluding steroid dienone is 1. The van der Waals surface area contributed by atoms with E-state index in [0.717, 1.165) is 12.1 Å². The van der Waals surface area contributed by atoms with Crippen LogP contribution < -0.4 is 10.6 Å². The van der Waals surface area contributed by atoms with Crippen molar-refractivity contribution in [2.45, 2.75) is 37.0 Å². The number of hydrogen-bond donors (Lipinski definition) is 2. The van der Waals surface area contributed by atoms with Gasteiger partial charge in [-0.3, -0.25) is 4.90 Å². The Morgan fingerprint density at radius 1 is 1.12 bits per heavy atom. The van der Waals surface area contributed by atoms with E-state index in [2.05, 4.69) is 16.3 Å². The Bertz CT molecular complexity index is 2140. The van der Waals surface area contributed by atoms with Gasteiger partial charge in [0.05, 0.1) is 55.4 Å². The third-order valence-electron chi connectivity index (χ3n) is 8.10. The smallest absolute Gasteiger partial charge is 0.416 e. The number of benzene rings is 3. The van der Waals surface area contributed by atoms with Crippen molar-refractivity contribution in [3.8, 4) is 6.07 Å². The third kappa shape index (κ3) is 8.72. The first-order valence-electron chi connectivity index (χ1n) is 15.3. The summed E-state index contributed by atoms with van der Waals surface area (Å²) in [6.07, 6.45) is -4.09. The number of nitriles is 1. The van der Waals surface area contributed by atoms with Crippen LogP contribution in [-0.2, 0) is 32.4 Å². The van der Waals surface area contributed by atoms with Crippen molar-refractivity contribution in [1.82, 2.24) is 14.8 Å². The molecule has 5 rings (SSSR count). The average Bonchev–Trinajstić information content (AvgIpc) is 3.46. The van der Waals surface area contributed by atoms with E-state index in [4.69, 9.17) is 4.74 Å². The van der Waals surface area contributed by atoms with Crippen molar-refractivity contribution >= 4 is 27.7 Å². The van der Waals surface area contributed by atoms with Crippen molar-refractivity contribution in [2.24, 2.45) is 0 Å². The number of aliphatic hydroxyl groups is 1. The molecule has 0 amide bonds. The van der Waals surface area contributed by atoms with Crippen molar-refractivity contribution in [3.63, 3.8) is 0 Å². The third-order valence-corrected chi connectivity index (χ3v) is 8.95. The van der Waals surface area contributed by atoms with Crippen LogP contribution >= 0.6 is 0 Å². The quantitative estimate of drug-likeness (QED) is 0.144. The SMILES string of the molecule is COC(=O)C1=C(C)N(c2cccc(C(F)(F)F)c2)c2n[nH]c(=O)n2[C@@H]1c1ccc(C#N)cc1C[N+](C)(C)CCCO.O=S(=O)([O-])c1ccccc1. The highest BCUT2D eigenvalue weighted by molar-refractivity contribution is 7.85. The second-order valence-corrected chi connectivity index (χ2v) is 13.5. The lowest BCUT2D eigenvalue weighted by Gasteiger charge is -2.37. The van der Waals surface area contributed by atoms with Gasteiger partial charge >= 0.3 is 17.8 Å². The Morgan fingerprint density at radius 2 is 1.80 bits per heavy atom. The number of aromatic nitrogens is 3. The number of rotatable bonds is 9. The molecule has 51 heavy (non-hydrogen) atoms. The molecule has 2 heterocycles. The second-order valence-electron chi connectivity index (χ2n) is 12.2. The number of carbonyl (C=O) groups is 1. The van der Waals surface area contributed by atoms with Gasteiger partial charge in [-0.05, 0) is 55.0 Å². The van der Waals surface area contributed by atoms with Crippen LogP contribution in [0.1, 0.15) is 41.6 Å². The number of quaternary nitrogens is 1. The number of halogens is 3. The van der Waals surface area contributed by atoms with Crippen LogP contribution in [0, 0.1) is 11.3 Å². The van der Waals surface area contributed by atoms with Gasteiger partial charge in [0.25, 0.3) is 0 Å². The van der Waals surface area contributed by atoms with Gasteiger partial charge in [-0.15, -0.1) is 5.10 Å². The Kier molecular flexibility index (Phi) is 11.6. The van der Waals surface area contributed by atoms with Gasteiger partial charge in [0.1, 0.15) is 22.7 Å². The summed E-state index contributed by atoms with van der Waals surface area (Å²) < 4.78 is 78.3. The Balaban J connectivity index is 0.000000502. The molecule has 0 fully saturated rings. The topological polar surface area (TPSA) is 181 Å². The van der Waals surface area contributed by atoms with Crippen LogP contribution in [0.5, 0.6) is 0 Å². The fourth-order valence-electron chi connectivity index (χ4n) is 5.78. The van der Waals surface area contributed by atoms with Crippen LogP contribution in [0.3, 0.4) is 0 Å². The Hall–Kier alpha value is -5.28. The normalized spacial score (nSPS) is 14.7. The zero-order valence-corrected chi connectivity index (χ0v) is 28.8. The number of nitrogens with one attached hydrogen (secondary N) is 1. The first kappa shape index (κ1) is 38.5. The average molecular weight is 729 g/mol. The van der Waals surface area contributed by atoms with Gasteiger partial charge in [0.15, 0.2) is 0 Å². The van der Waals surface area contributed by atoms with E-state index in [1.807, 2.05) is 14.1 Å². The lowest BCUT2D eigenvalue weighted by molar-refractivity contribution is -0.903. The molecule has 270 valence electrons. The summed E-state index contributed by atoms with van der Waals surface area (Å²) in [7, 11) is 0.826. The van der Waals surface area contributed by atoms with E-state index >= 15 is 0 Å². The van der Waals surface area contributed by atoms with Gasteiger partial charge < -0.3 is 18.9 Å². The molecule has 17 heteroatoms. The number of anilines is 2. The van der Waals surface area contributed by atoms with Gasteiger partial charge in [-0.25, -0.2) is 27.7 Å². The minimum absolute atomic E-state index is 0.00294. The first-order valence-corrected chi connectivity index (χ1v) is 16.7. The number of nitrogens with zero attached hydrogens (tertiary/aromatic N) is 5. The molecule has 1 atom stereocenters. The van der Waals surface area contributed by atoms with Gasteiger partial charge in [0.2, 0.25) is 5.95 Å². The maximum absolute atomic E-state index is 13.6. The first-order chi connectivity index (χ1) is 23.9. The molecule has 0 bridgehead atoms. The number of carbonyl (C=O) groups excluding carboxylic acids is 1. The second kappa shape index (κ2) is 15.3. The molecule has 1 aliphatic heterocycles. The maximum Gasteiger partial charge on any atom is 0.416 e. The molecule has 0 spiro atoms.